The molecular formula is C13H18F3N3O3. The summed E-state index contributed by atoms with van der Waals surface area (Å²) in [6.45, 7) is -0.145. The van der Waals surface area contributed by atoms with Gasteiger partial charge in [-0.3, -0.25) is 4.79 Å². The van der Waals surface area contributed by atoms with Crippen molar-refractivity contribution in [3.63, 3.8) is 0 Å². The number of carbonyl (C=O) groups is 1. The highest BCUT2D eigenvalue weighted by Gasteiger charge is 2.37. The van der Waals surface area contributed by atoms with Gasteiger partial charge in [-0.2, -0.15) is 18.2 Å². The van der Waals surface area contributed by atoms with Gasteiger partial charge in [-0.05, 0) is 19.8 Å². The lowest BCUT2D eigenvalue weighted by molar-refractivity contribution is -0.168. The van der Waals surface area contributed by atoms with Gasteiger partial charge >= 0.3 is 6.18 Å². The van der Waals surface area contributed by atoms with E-state index in [-0.39, 0.29) is 18.5 Å². The molecule has 0 bridgehead atoms. The Bertz CT molecular complexity index is 498. The van der Waals surface area contributed by atoms with Gasteiger partial charge in [0.2, 0.25) is 5.91 Å². The number of nitrogens with zero attached hydrogens (tertiary/aromatic N) is 3. The predicted octanol–water partition coefficient (Wildman–Crippen LogP) is 2.23. The molecule has 0 aliphatic heterocycles. The van der Waals surface area contributed by atoms with E-state index in [9.17, 15) is 18.0 Å². The molecule has 0 atom stereocenters. The van der Waals surface area contributed by atoms with Crippen LogP contribution in [-0.2, 0) is 16.1 Å². The predicted molar refractivity (Wildman–Crippen MR) is 68.7 cm³/mol. The summed E-state index contributed by atoms with van der Waals surface area (Å²) in [4.78, 5) is 16.8. The number of halogens is 3. The van der Waals surface area contributed by atoms with Crippen molar-refractivity contribution >= 4 is 5.91 Å². The van der Waals surface area contributed by atoms with Crippen LogP contribution in [0.1, 0.15) is 37.4 Å². The topological polar surface area (TPSA) is 68.5 Å². The number of hydrogen-bond acceptors (Lipinski definition) is 5. The van der Waals surface area contributed by atoms with Crippen LogP contribution in [0.15, 0.2) is 4.52 Å². The fourth-order valence-corrected chi connectivity index (χ4v) is 2.54. The molecule has 6 nitrogen and oxygen atoms in total. The summed E-state index contributed by atoms with van der Waals surface area (Å²) in [7, 11) is 0. The number of carbonyl (C=O) groups excluding carboxylic acids is 1. The molecule has 1 heterocycles. The lowest BCUT2D eigenvalue weighted by Crippen LogP contribution is -2.46. The van der Waals surface area contributed by atoms with Gasteiger partial charge in [0, 0.05) is 6.04 Å². The molecule has 1 aromatic heterocycles. The number of ether oxygens (including phenoxy) is 1. The zero-order valence-corrected chi connectivity index (χ0v) is 12.2. The number of alkyl halides is 3. The van der Waals surface area contributed by atoms with E-state index in [0.717, 1.165) is 17.7 Å². The van der Waals surface area contributed by atoms with Crippen molar-refractivity contribution in [2.45, 2.75) is 51.4 Å². The van der Waals surface area contributed by atoms with Crippen LogP contribution in [0, 0.1) is 6.92 Å². The first kappa shape index (κ1) is 16.7. The summed E-state index contributed by atoms with van der Waals surface area (Å²) >= 11 is 0. The maximum atomic E-state index is 12.6. The van der Waals surface area contributed by atoms with Crippen molar-refractivity contribution < 1.29 is 27.2 Å². The van der Waals surface area contributed by atoms with Gasteiger partial charge in [0.1, 0.15) is 19.8 Å². The second kappa shape index (κ2) is 7.08. The number of aryl methyl sites for hydroxylation is 1. The molecule has 1 aromatic rings. The van der Waals surface area contributed by atoms with Crippen molar-refractivity contribution in [2.75, 3.05) is 13.2 Å². The second-order valence-corrected chi connectivity index (χ2v) is 5.30. The van der Waals surface area contributed by atoms with Gasteiger partial charge in [0.05, 0.1) is 0 Å². The summed E-state index contributed by atoms with van der Waals surface area (Å²) in [5.74, 6) is -0.0522. The van der Waals surface area contributed by atoms with Crippen LogP contribution in [-0.4, -0.2) is 46.3 Å². The van der Waals surface area contributed by atoms with Crippen molar-refractivity contribution in [1.82, 2.24) is 15.0 Å². The van der Waals surface area contributed by atoms with Gasteiger partial charge in [0.25, 0.3) is 5.89 Å². The number of rotatable bonds is 6. The Kier molecular flexibility index (Phi) is 5.38. The Labute approximate surface area is 125 Å². The van der Waals surface area contributed by atoms with E-state index < -0.39 is 25.2 Å². The van der Waals surface area contributed by atoms with Gasteiger partial charge in [0.15, 0.2) is 5.82 Å². The van der Waals surface area contributed by atoms with E-state index in [1.807, 2.05) is 0 Å². The first-order chi connectivity index (χ1) is 10.3. The number of aromatic nitrogens is 2. The fraction of sp³-hybridized carbons (Fsp3) is 0.769. The lowest BCUT2D eigenvalue weighted by atomic mass is 10.2. The third kappa shape index (κ3) is 4.97. The average molecular weight is 321 g/mol. The van der Waals surface area contributed by atoms with Gasteiger partial charge in [-0.1, -0.05) is 18.0 Å². The average Bonchev–Trinajstić information content (AvgIpc) is 3.06. The molecule has 2 rings (SSSR count). The normalized spacial score (nSPS) is 16.2. The third-order valence-electron chi connectivity index (χ3n) is 3.46. The fourth-order valence-electron chi connectivity index (χ4n) is 2.54. The van der Waals surface area contributed by atoms with Crippen LogP contribution >= 0.6 is 0 Å². The van der Waals surface area contributed by atoms with E-state index in [1.165, 1.54) is 0 Å². The quantitative estimate of drug-likeness (QED) is 0.803. The SMILES string of the molecule is Cc1noc(COCC(=O)N(CC(F)(F)F)C2CCCC2)n1. The summed E-state index contributed by atoms with van der Waals surface area (Å²) in [5, 5.41) is 3.55. The first-order valence-corrected chi connectivity index (χ1v) is 7.08. The van der Waals surface area contributed by atoms with Gasteiger partial charge in [-0.15, -0.1) is 0 Å². The van der Waals surface area contributed by atoms with Gasteiger partial charge in [-0.25, -0.2) is 0 Å². The molecule has 9 heteroatoms. The van der Waals surface area contributed by atoms with Crippen molar-refractivity contribution in [3.05, 3.63) is 11.7 Å². The van der Waals surface area contributed by atoms with Crippen molar-refractivity contribution in [2.24, 2.45) is 0 Å². The molecule has 0 radical (unpaired) electrons. The smallest absolute Gasteiger partial charge is 0.362 e. The molecule has 1 aliphatic rings. The number of amides is 1. The van der Waals surface area contributed by atoms with E-state index in [1.54, 1.807) is 6.92 Å². The van der Waals surface area contributed by atoms with Crippen LogP contribution in [0.3, 0.4) is 0 Å². The maximum absolute atomic E-state index is 12.6. The highest BCUT2D eigenvalue weighted by molar-refractivity contribution is 5.77. The zero-order chi connectivity index (χ0) is 16.2. The zero-order valence-electron chi connectivity index (χ0n) is 12.2. The molecule has 22 heavy (non-hydrogen) atoms. The Balaban J connectivity index is 1.87. The maximum Gasteiger partial charge on any atom is 0.406 e. The molecule has 0 N–H and O–H groups in total. The summed E-state index contributed by atoms with van der Waals surface area (Å²) in [5.41, 5.74) is 0. The molecule has 1 aliphatic carbocycles. The molecule has 0 aromatic carbocycles. The van der Waals surface area contributed by atoms with Crippen LogP contribution < -0.4 is 0 Å². The van der Waals surface area contributed by atoms with Crippen molar-refractivity contribution in [3.8, 4) is 0 Å². The first-order valence-electron chi connectivity index (χ1n) is 7.08. The van der Waals surface area contributed by atoms with Crippen LogP contribution in [0.2, 0.25) is 0 Å². The highest BCUT2D eigenvalue weighted by atomic mass is 19.4. The van der Waals surface area contributed by atoms with Crippen molar-refractivity contribution in [1.29, 1.82) is 0 Å². The van der Waals surface area contributed by atoms with Crippen LogP contribution in [0.25, 0.3) is 0 Å². The minimum absolute atomic E-state index is 0.100. The lowest BCUT2D eigenvalue weighted by Gasteiger charge is -2.29. The Hall–Kier alpha value is -1.64. The second-order valence-electron chi connectivity index (χ2n) is 5.30. The monoisotopic (exact) mass is 321 g/mol. The highest BCUT2D eigenvalue weighted by Crippen LogP contribution is 2.27. The Morgan fingerprint density at radius 1 is 1.41 bits per heavy atom. The van der Waals surface area contributed by atoms with Crippen LogP contribution in [0.4, 0.5) is 13.2 Å². The molecule has 0 unspecified atom stereocenters. The standard InChI is InChI=1S/C13H18F3N3O3/c1-9-17-11(22-18-9)6-21-7-12(20)19(8-13(14,15)16)10-4-2-3-5-10/h10H,2-8H2,1H3. The molecule has 124 valence electrons. The molecule has 0 spiro atoms. The van der Waals surface area contributed by atoms with E-state index in [0.29, 0.717) is 18.7 Å². The van der Waals surface area contributed by atoms with E-state index in [4.69, 9.17) is 9.26 Å². The largest absolute Gasteiger partial charge is 0.406 e. The molecule has 1 saturated carbocycles. The number of hydrogen-bond donors (Lipinski definition) is 0. The minimum Gasteiger partial charge on any atom is -0.362 e. The third-order valence-corrected chi connectivity index (χ3v) is 3.46. The summed E-state index contributed by atoms with van der Waals surface area (Å²) in [6.07, 6.45) is -1.53. The van der Waals surface area contributed by atoms with E-state index in [2.05, 4.69) is 10.1 Å². The molecule has 1 amide bonds. The van der Waals surface area contributed by atoms with Gasteiger partial charge < -0.3 is 14.2 Å². The Morgan fingerprint density at radius 3 is 2.64 bits per heavy atom. The van der Waals surface area contributed by atoms with E-state index >= 15 is 0 Å². The minimum atomic E-state index is -4.41. The molecule has 0 saturated heterocycles. The molecular weight excluding hydrogens is 303 g/mol. The summed E-state index contributed by atoms with van der Waals surface area (Å²) < 4.78 is 47.8. The van der Waals surface area contributed by atoms with Crippen LogP contribution in [0.5, 0.6) is 0 Å². The molecule has 1 fully saturated rings. The Morgan fingerprint density at radius 2 is 2.09 bits per heavy atom. The summed E-state index contributed by atoms with van der Waals surface area (Å²) in [6, 6.07) is -0.358.